The minimum Gasteiger partial charge on any atom is -0.415 e. The Balaban J connectivity index is 1.63. The Labute approximate surface area is 170 Å². The molecular weight excluding hydrogens is 398 g/mol. The minimum atomic E-state index is -2.90. The zero-order chi connectivity index (χ0) is 21.4. The normalized spacial score (nSPS) is 21.3. The summed E-state index contributed by atoms with van der Waals surface area (Å²) in [5.41, 5.74) is 0.652. The van der Waals surface area contributed by atoms with E-state index in [2.05, 4.69) is 15.5 Å². The maximum absolute atomic E-state index is 13.1. The molecule has 0 radical (unpaired) electrons. The van der Waals surface area contributed by atoms with Gasteiger partial charge in [-0.2, -0.15) is 8.78 Å². The van der Waals surface area contributed by atoms with Gasteiger partial charge in [-0.15, -0.1) is 10.2 Å². The number of hydrogen-bond acceptors (Lipinski definition) is 6. The van der Waals surface area contributed by atoms with Crippen molar-refractivity contribution in [2.45, 2.75) is 57.5 Å². The summed E-state index contributed by atoms with van der Waals surface area (Å²) in [7, 11) is 0. The number of benzene rings is 1. The third-order valence-corrected chi connectivity index (χ3v) is 5.52. The smallest absolute Gasteiger partial charge is 0.314 e. The molecule has 0 bridgehead atoms. The first-order chi connectivity index (χ1) is 14.4. The lowest BCUT2D eigenvalue weighted by atomic mass is 9.89. The van der Waals surface area contributed by atoms with E-state index in [1.807, 2.05) is 0 Å². The third kappa shape index (κ3) is 3.46. The van der Waals surface area contributed by atoms with Gasteiger partial charge in [-0.05, 0) is 31.0 Å². The average molecular weight is 418 g/mol. The van der Waals surface area contributed by atoms with E-state index in [0.717, 1.165) is 12.8 Å². The lowest BCUT2D eigenvalue weighted by molar-refractivity contribution is -0.122. The van der Waals surface area contributed by atoms with Crippen LogP contribution in [-0.4, -0.2) is 44.9 Å². The Kier molecular flexibility index (Phi) is 5.31. The number of nitrogens with one attached hydrogen (secondary N) is 1. The molecular formula is C20H20F2N4O4. The molecule has 1 saturated carbocycles. The molecule has 8 nitrogen and oxygen atoms in total. The molecule has 4 rings (SSSR count). The highest BCUT2D eigenvalue weighted by Gasteiger charge is 2.44. The van der Waals surface area contributed by atoms with E-state index in [-0.39, 0.29) is 34.5 Å². The van der Waals surface area contributed by atoms with Gasteiger partial charge in [0.1, 0.15) is 0 Å². The van der Waals surface area contributed by atoms with E-state index in [0.29, 0.717) is 19.3 Å². The Morgan fingerprint density at radius 1 is 1.20 bits per heavy atom. The van der Waals surface area contributed by atoms with E-state index in [1.165, 1.54) is 23.1 Å². The van der Waals surface area contributed by atoms with Crippen LogP contribution in [0.15, 0.2) is 22.6 Å². The number of alkyl halides is 2. The van der Waals surface area contributed by atoms with Crippen LogP contribution in [0.5, 0.6) is 0 Å². The predicted octanol–water partition coefficient (Wildman–Crippen LogP) is 3.11. The Morgan fingerprint density at radius 3 is 2.63 bits per heavy atom. The molecule has 1 unspecified atom stereocenters. The SMILES string of the molecule is CCC(=O)N[C@@H]1CCCCC1N1C(=O)c2ccc(-c3nnc(C(F)F)o3)cc2C1=O. The maximum atomic E-state index is 13.1. The molecule has 30 heavy (non-hydrogen) atoms. The Bertz CT molecular complexity index is 1010. The fraction of sp³-hybridized carbons (Fsp3) is 0.450. The molecule has 2 aliphatic rings. The van der Waals surface area contributed by atoms with Crippen molar-refractivity contribution in [2.75, 3.05) is 0 Å². The lowest BCUT2D eigenvalue weighted by Gasteiger charge is -2.37. The largest absolute Gasteiger partial charge is 0.415 e. The molecule has 2 atom stereocenters. The van der Waals surface area contributed by atoms with Crippen LogP contribution in [0.25, 0.3) is 11.5 Å². The van der Waals surface area contributed by atoms with Crippen LogP contribution in [0.1, 0.15) is 72.1 Å². The van der Waals surface area contributed by atoms with Gasteiger partial charge in [-0.25, -0.2) is 0 Å². The standard InChI is InChI=1S/C20H20F2N4O4/c1-2-15(27)23-13-5-3-4-6-14(13)26-19(28)11-8-7-10(9-12(11)20(26)29)17-24-25-18(30-17)16(21)22/h7-9,13-14,16H,2-6H2,1H3,(H,23,27)/t13-,14?/m1/s1. The molecule has 2 aromatic rings. The fourth-order valence-electron chi connectivity index (χ4n) is 4.03. The van der Waals surface area contributed by atoms with Gasteiger partial charge >= 0.3 is 6.43 Å². The summed E-state index contributed by atoms with van der Waals surface area (Å²) in [5.74, 6) is -2.00. The van der Waals surface area contributed by atoms with Crippen molar-refractivity contribution in [1.29, 1.82) is 0 Å². The second-order valence-corrected chi connectivity index (χ2v) is 7.37. The third-order valence-electron chi connectivity index (χ3n) is 5.52. The van der Waals surface area contributed by atoms with E-state index in [9.17, 15) is 23.2 Å². The van der Waals surface area contributed by atoms with E-state index in [1.54, 1.807) is 6.92 Å². The number of fused-ring (bicyclic) bond motifs is 1. The van der Waals surface area contributed by atoms with Crippen molar-refractivity contribution in [3.8, 4) is 11.5 Å². The number of hydrogen-bond donors (Lipinski definition) is 1. The van der Waals surface area contributed by atoms with Crippen molar-refractivity contribution in [1.82, 2.24) is 20.4 Å². The molecule has 1 aliphatic carbocycles. The number of amides is 3. The van der Waals surface area contributed by atoms with Crippen molar-refractivity contribution in [3.05, 3.63) is 35.2 Å². The van der Waals surface area contributed by atoms with Gasteiger partial charge in [0.05, 0.1) is 17.2 Å². The number of carbonyl (C=O) groups is 3. The number of aromatic nitrogens is 2. The van der Waals surface area contributed by atoms with E-state index in [4.69, 9.17) is 4.42 Å². The van der Waals surface area contributed by atoms with Gasteiger partial charge in [0.15, 0.2) is 0 Å². The molecule has 158 valence electrons. The summed E-state index contributed by atoms with van der Waals surface area (Å²) in [4.78, 5) is 39.2. The number of rotatable bonds is 5. The van der Waals surface area contributed by atoms with E-state index < -0.39 is 30.2 Å². The summed E-state index contributed by atoms with van der Waals surface area (Å²) in [5, 5.41) is 9.80. The Hall–Kier alpha value is -3.17. The quantitative estimate of drug-likeness (QED) is 0.748. The number of nitrogens with zero attached hydrogens (tertiary/aromatic N) is 3. The molecule has 1 N–H and O–H groups in total. The average Bonchev–Trinajstić information content (AvgIpc) is 3.33. The van der Waals surface area contributed by atoms with Gasteiger partial charge in [0, 0.05) is 18.0 Å². The monoisotopic (exact) mass is 418 g/mol. The van der Waals surface area contributed by atoms with Crippen LogP contribution in [0.3, 0.4) is 0 Å². The molecule has 1 aromatic carbocycles. The first-order valence-corrected chi connectivity index (χ1v) is 9.84. The van der Waals surface area contributed by atoms with Crippen molar-refractivity contribution < 1.29 is 27.6 Å². The molecule has 0 spiro atoms. The molecule has 10 heteroatoms. The van der Waals surface area contributed by atoms with Gasteiger partial charge in [0.25, 0.3) is 17.7 Å². The van der Waals surface area contributed by atoms with E-state index >= 15 is 0 Å². The summed E-state index contributed by atoms with van der Waals surface area (Å²) in [6.45, 7) is 1.74. The van der Waals surface area contributed by atoms with Crippen LogP contribution in [0.4, 0.5) is 8.78 Å². The number of carbonyl (C=O) groups excluding carboxylic acids is 3. The predicted molar refractivity (Wildman–Crippen MR) is 99.7 cm³/mol. The Morgan fingerprint density at radius 2 is 1.93 bits per heavy atom. The van der Waals surface area contributed by atoms with Crippen molar-refractivity contribution >= 4 is 17.7 Å². The zero-order valence-electron chi connectivity index (χ0n) is 16.2. The van der Waals surface area contributed by atoms with Crippen LogP contribution in [-0.2, 0) is 4.79 Å². The maximum Gasteiger partial charge on any atom is 0.314 e. The van der Waals surface area contributed by atoms with Crippen LogP contribution < -0.4 is 5.32 Å². The first kappa shape index (κ1) is 20.1. The topological polar surface area (TPSA) is 105 Å². The molecule has 3 amide bonds. The first-order valence-electron chi connectivity index (χ1n) is 9.84. The van der Waals surface area contributed by atoms with Gasteiger partial charge in [0.2, 0.25) is 11.8 Å². The van der Waals surface area contributed by atoms with Crippen LogP contribution >= 0.6 is 0 Å². The number of imide groups is 1. The highest BCUT2D eigenvalue weighted by atomic mass is 19.3. The molecule has 1 fully saturated rings. The summed E-state index contributed by atoms with van der Waals surface area (Å²) >= 11 is 0. The van der Waals surface area contributed by atoms with Crippen molar-refractivity contribution in [2.24, 2.45) is 0 Å². The van der Waals surface area contributed by atoms with Crippen LogP contribution in [0, 0.1) is 0 Å². The number of halogens is 2. The molecule has 0 saturated heterocycles. The zero-order valence-corrected chi connectivity index (χ0v) is 16.2. The second kappa shape index (κ2) is 7.92. The van der Waals surface area contributed by atoms with Crippen LogP contribution in [0.2, 0.25) is 0 Å². The molecule has 1 aromatic heterocycles. The lowest BCUT2D eigenvalue weighted by Crippen LogP contribution is -2.55. The minimum absolute atomic E-state index is 0.128. The summed E-state index contributed by atoms with van der Waals surface area (Å²) < 4.78 is 30.4. The highest BCUT2D eigenvalue weighted by Crippen LogP contribution is 2.34. The second-order valence-electron chi connectivity index (χ2n) is 7.37. The van der Waals surface area contributed by atoms with Gasteiger partial charge in [-0.1, -0.05) is 19.8 Å². The van der Waals surface area contributed by atoms with Crippen molar-refractivity contribution in [3.63, 3.8) is 0 Å². The molecule has 1 aliphatic heterocycles. The fourth-order valence-corrected chi connectivity index (χ4v) is 4.03. The summed E-state index contributed by atoms with van der Waals surface area (Å²) in [6.07, 6.45) is 0.463. The summed E-state index contributed by atoms with van der Waals surface area (Å²) in [6, 6.07) is 3.62. The van der Waals surface area contributed by atoms with Gasteiger partial charge in [-0.3, -0.25) is 19.3 Å². The van der Waals surface area contributed by atoms with Gasteiger partial charge < -0.3 is 9.73 Å². The highest BCUT2D eigenvalue weighted by molar-refractivity contribution is 6.22. The molecule has 2 heterocycles.